The molecule has 1 heterocycles. The number of benzene rings is 3. The van der Waals surface area contributed by atoms with Crippen molar-refractivity contribution in [1.82, 2.24) is 4.90 Å². The Morgan fingerprint density at radius 2 is 1.68 bits per heavy atom. The molecular formula is C30H35N3O4. The fourth-order valence-electron chi connectivity index (χ4n) is 4.37. The van der Waals surface area contributed by atoms with Gasteiger partial charge in [0.15, 0.2) is 0 Å². The Balaban J connectivity index is 1.51. The Labute approximate surface area is 219 Å². The van der Waals surface area contributed by atoms with E-state index in [4.69, 9.17) is 9.47 Å². The monoisotopic (exact) mass is 501 g/mol. The number of hydrogen-bond acceptors (Lipinski definition) is 6. The lowest BCUT2D eigenvalue weighted by atomic mass is 10.1. The van der Waals surface area contributed by atoms with E-state index in [-0.39, 0.29) is 12.0 Å². The summed E-state index contributed by atoms with van der Waals surface area (Å²) in [4.78, 5) is 30.2. The van der Waals surface area contributed by atoms with Crippen molar-refractivity contribution in [3.8, 4) is 5.75 Å². The first kappa shape index (κ1) is 26.2. The van der Waals surface area contributed by atoms with Gasteiger partial charge in [-0.25, -0.2) is 4.79 Å². The number of hydrogen-bond donors (Lipinski definition) is 1. The van der Waals surface area contributed by atoms with Crippen LogP contribution >= 0.6 is 0 Å². The smallest absolute Gasteiger partial charge is 0.337 e. The zero-order valence-electron chi connectivity index (χ0n) is 21.8. The van der Waals surface area contributed by atoms with E-state index in [9.17, 15) is 9.59 Å². The molecule has 1 amide bonds. The fraction of sp³-hybridized carbons (Fsp3) is 0.333. The van der Waals surface area contributed by atoms with E-state index >= 15 is 0 Å². The number of carbonyl (C=O) groups excluding carboxylic acids is 2. The van der Waals surface area contributed by atoms with E-state index in [2.05, 4.69) is 46.3 Å². The maximum Gasteiger partial charge on any atom is 0.337 e. The average molecular weight is 502 g/mol. The zero-order valence-corrected chi connectivity index (χ0v) is 21.8. The molecule has 0 bridgehead atoms. The van der Waals surface area contributed by atoms with E-state index < -0.39 is 5.97 Å². The number of esters is 1. The molecule has 7 heteroatoms. The normalized spacial score (nSPS) is 14.6. The molecule has 1 atom stereocenters. The predicted molar refractivity (Wildman–Crippen MR) is 146 cm³/mol. The Hall–Kier alpha value is -3.84. The van der Waals surface area contributed by atoms with Crippen LogP contribution in [-0.2, 0) is 11.3 Å². The van der Waals surface area contributed by atoms with E-state index in [1.807, 2.05) is 31.2 Å². The molecule has 1 unspecified atom stereocenters. The maximum absolute atomic E-state index is 13.3. The third-order valence-electron chi connectivity index (χ3n) is 6.64. The second-order valence-electron chi connectivity index (χ2n) is 9.29. The summed E-state index contributed by atoms with van der Waals surface area (Å²) >= 11 is 0. The van der Waals surface area contributed by atoms with Crippen LogP contribution in [0.3, 0.4) is 0 Å². The van der Waals surface area contributed by atoms with Crippen LogP contribution in [-0.4, -0.2) is 56.2 Å². The highest BCUT2D eigenvalue weighted by Gasteiger charge is 2.22. The average Bonchev–Trinajstić information content (AvgIpc) is 2.93. The predicted octanol–water partition coefficient (Wildman–Crippen LogP) is 5.23. The minimum absolute atomic E-state index is 0.0576. The Morgan fingerprint density at radius 3 is 2.38 bits per heavy atom. The van der Waals surface area contributed by atoms with Gasteiger partial charge in [0.05, 0.1) is 30.2 Å². The topological polar surface area (TPSA) is 71.1 Å². The van der Waals surface area contributed by atoms with Gasteiger partial charge in [-0.1, -0.05) is 43.3 Å². The lowest BCUT2D eigenvalue weighted by Crippen LogP contribution is -2.46. The number of piperazine rings is 1. The number of nitrogens with zero attached hydrogens (tertiary/aromatic N) is 2. The molecule has 1 fully saturated rings. The van der Waals surface area contributed by atoms with Crippen LogP contribution in [0.4, 0.5) is 11.4 Å². The molecule has 0 aliphatic carbocycles. The number of rotatable bonds is 9. The second-order valence-corrected chi connectivity index (χ2v) is 9.29. The van der Waals surface area contributed by atoms with Crippen molar-refractivity contribution < 1.29 is 19.1 Å². The Morgan fingerprint density at radius 1 is 0.919 bits per heavy atom. The second kappa shape index (κ2) is 12.4. The van der Waals surface area contributed by atoms with Crippen LogP contribution in [0.2, 0.25) is 0 Å². The van der Waals surface area contributed by atoms with Crippen molar-refractivity contribution in [1.29, 1.82) is 0 Å². The summed E-state index contributed by atoms with van der Waals surface area (Å²) in [7, 11) is 1.35. The first-order valence-corrected chi connectivity index (χ1v) is 12.8. The molecule has 0 spiro atoms. The highest BCUT2D eigenvalue weighted by Crippen LogP contribution is 2.30. The molecule has 194 valence electrons. The van der Waals surface area contributed by atoms with Crippen LogP contribution in [0.1, 0.15) is 46.5 Å². The summed E-state index contributed by atoms with van der Waals surface area (Å²) in [6.45, 7) is 8.38. The van der Waals surface area contributed by atoms with E-state index in [1.54, 1.807) is 24.3 Å². The van der Waals surface area contributed by atoms with Gasteiger partial charge in [-0.15, -0.1) is 0 Å². The van der Waals surface area contributed by atoms with Crippen LogP contribution in [0.5, 0.6) is 5.75 Å². The van der Waals surface area contributed by atoms with Gasteiger partial charge in [-0.2, -0.15) is 0 Å². The molecule has 7 nitrogen and oxygen atoms in total. The fourth-order valence-corrected chi connectivity index (χ4v) is 4.37. The molecule has 1 saturated heterocycles. The van der Waals surface area contributed by atoms with Crippen molar-refractivity contribution >= 4 is 23.3 Å². The largest absolute Gasteiger partial charge is 0.491 e. The first-order chi connectivity index (χ1) is 18.0. The number of anilines is 2. The highest BCUT2D eigenvalue weighted by atomic mass is 16.5. The Bertz CT molecular complexity index is 1210. The molecule has 0 saturated carbocycles. The SMILES string of the molecule is CCC(C)Oc1cccc(C(=O)Nc2cc(C(=O)OC)ccc2N2CCN(Cc3ccccc3)CC2)c1. The number of carbonyl (C=O) groups is 2. The van der Waals surface area contributed by atoms with Crippen molar-refractivity contribution in [2.24, 2.45) is 0 Å². The summed E-state index contributed by atoms with van der Waals surface area (Å²) in [6, 6.07) is 22.9. The highest BCUT2D eigenvalue weighted by molar-refractivity contribution is 6.07. The summed E-state index contributed by atoms with van der Waals surface area (Å²) in [6.07, 6.45) is 0.931. The van der Waals surface area contributed by atoms with Gasteiger partial charge < -0.3 is 19.7 Å². The van der Waals surface area contributed by atoms with Crippen LogP contribution in [0.25, 0.3) is 0 Å². The van der Waals surface area contributed by atoms with Gasteiger partial charge in [-0.05, 0) is 55.3 Å². The van der Waals surface area contributed by atoms with Crippen molar-refractivity contribution in [2.45, 2.75) is 32.9 Å². The lowest BCUT2D eigenvalue weighted by Gasteiger charge is -2.37. The number of nitrogens with one attached hydrogen (secondary N) is 1. The van der Waals surface area contributed by atoms with Gasteiger partial charge in [0.1, 0.15) is 5.75 Å². The first-order valence-electron chi connectivity index (χ1n) is 12.8. The molecule has 37 heavy (non-hydrogen) atoms. The number of amides is 1. The molecule has 3 aromatic carbocycles. The summed E-state index contributed by atoms with van der Waals surface area (Å²) in [5.41, 5.74) is 3.64. The van der Waals surface area contributed by atoms with E-state index in [0.29, 0.717) is 22.6 Å². The van der Waals surface area contributed by atoms with E-state index in [1.165, 1.54) is 12.7 Å². The van der Waals surface area contributed by atoms with Crippen LogP contribution in [0, 0.1) is 0 Å². The Kier molecular flexibility index (Phi) is 8.80. The third kappa shape index (κ3) is 6.89. The third-order valence-corrected chi connectivity index (χ3v) is 6.64. The van der Waals surface area contributed by atoms with Gasteiger partial charge in [-0.3, -0.25) is 9.69 Å². The van der Waals surface area contributed by atoms with Crippen molar-refractivity contribution in [2.75, 3.05) is 43.5 Å². The van der Waals surface area contributed by atoms with Crippen molar-refractivity contribution in [3.63, 3.8) is 0 Å². The summed E-state index contributed by atoms with van der Waals surface area (Å²) in [5.74, 6) is -0.0562. The van der Waals surface area contributed by atoms with Crippen LogP contribution < -0.4 is 15.0 Å². The summed E-state index contributed by atoms with van der Waals surface area (Å²) in [5, 5.41) is 3.03. The molecule has 0 radical (unpaired) electrons. The van der Waals surface area contributed by atoms with Gasteiger partial charge in [0.25, 0.3) is 5.91 Å². The minimum Gasteiger partial charge on any atom is -0.491 e. The maximum atomic E-state index is 13.3. The number of methoxy groups -OCH3 is 1. The van der Waals surface area contributed by atoms with Crippen LogP contribution in [0.15, 0.2) is 72.8 Å². The molecule has 1 N–H and O–H groups in total. The molecular weight excluding hydrogens is 466 g/mol. The number of ether oxygens (including phenoxy) is 2. The molecule has 3 aromatic rings. The quantitative estimate of drug-likeness (QED) is 0.405. The molecule has 0 aromatic heterocycles. The zero-order chi connectivity index (χ0) is 26.2. The van der Waals surface area contributed by atoms with E-state index in [0.717, 1.165) is 44.8 Å². The van der Waals surface area contributed by atoms with Gasteiger partial charge >= 0.3 is 5.97 Å². The molecule has 1 aliphatic heterocycles. The van der Waals surface area contributed by atoms with Gasteiger partial charge in [0, 0.05) is 38.3 Å². The minimum atomic E-state index is -0.446. The molecule has 1 aliphatic rings. The van der Waals surface area contributed by atoms with Gasteiger partial charge in [0.2, 0.25) is 0 Å². The lowest BCUT2D eigenvalue weighted by molar-refractivity contribution is 0.0600. The standard InChI is InChI=1S/C30H35N3O4/c1-4-22(2)37-26-12-8-11-24(19-26)29(34)31-27-20-25(30(35)36-3)13-14-28(27)33-17-15-32(16-18-33)21-23-9-6-5-7-10-23/h5-14,19-20,22H,4,15-18,21H2,1-3H3,(H,31,34). The van der Waals surface area contributed by atoms with Crippen molar-refractivity contribution in [3.05, 3.63) is 89.5 Å². The molecule has 4 rings (SSSR count). The summed E-state index contributed by atoms with van der Waals surface area (Å²) < 4.78 is 10.8.